The maximum Gasteiger partial charge on any atom is 0.277 e. The van der Waals surface area contributed by atoms with Gasteiger partial charge >= 0.3 is 0 Å². The number of hydrogen-bond donors (Lipinski definition) is 1. The molecule has 3 aromatic rings. The predicted molar refractivity (Wildman–Crippen MR) is 95.5 cm³/mol. The molecule has 2 aromatic heterocycles. The lowest BCUT2D eigenvalue weighted by atomic mass is 10.1. The Morgan fingerprint density at radius 1 is 1.24 bits per heavy atom. The normalized spacial score (nSPS) is 11.2. The van der Waals surface area contributed by atoms with Crippen LogP contribution in [-0.4, -0.2) is 31.1 Å². The minimum absolute atomic E-state index is 0.103. The van der Waals surface area contributed by atoms with Gasteiger partial charge in [0.2, 0.25) is 11.0 Å². The summed E-state index contributed by atoms with van der Waals surface area (Å²) in [6.45, 7) is 4.35. The molecule has 25 heavy (non-hydrogen) atoms. The molecule has 1 aromatic carbocycles. The van der Waals surface area contributed by atoms with Crippen LogP contribution >= 0.6 is 11.3 Å². The van der Waals surface area contributed by atoms with E-state index in [1.165, 1.54) is 16.0 Å². The van der Waals surface area contributed by atoms with E-state index in [0.717, 1.165) is 11.4 Å². The third-order valence-electron chi connectivity index (χ3n) is 3.48. The van der Waals surface area contributed by atoms with Crippen LogP contribution in [0.3, 0.4) is 0 Å². The Morgan fingerprint density at radius 3 is 2.84 bits per heavy atom. The van der Waals surface area contributed by atoms with E-state index >= 15 is 0 Å². The van der Waals surface area contributed by atoms with Gasteiger partial charge in [-0.05, 0) is 18.1 Å². The number of amides is 1. The Balaban J connectivity index is 1.62. The van der Waals surface area contributed by atoms with Crippen LogP contribution in [0.15, 0.2) is 29.1 Å². The molecular formula is C16H18N6O2S. The number of carbonyl (C=O) groups excluding carboxylic acids is 1. The summed E-state index contributed by atoms with van der Waals surface area (Å²) in [6, 6.07) is 6.99. The zero-order valence-corrected chi connectivity index (χ0v) is 14.8. The highest BCUT2D eigenvalue weighted by Gasteiger charge is 2.11. The van der Waals surface area contributed by atoms with Crippen LogP contribution in [0, 0.1) is 5.92 Å². The monoisotopic (exact) mass is 358 g/mol. The number of fused-ring (bicyclic) bond motifs is 1. The first-order chi connectivity index (χ1) is 12.0. The van der Waals surface area contributed by atoms with Crippen LogP contribution in [-0.2, 0) is 17.8 Å². The van der Waals surface area contributed by atoms with E-state index in [4.69, 9.17) is 0 Å². The molecule has 0 aliphatic rings. The zero-order valence-electron chi connectivity index (χ0n) is 14.0. The minimum Gasteiger partial charge on any atom is -0.300 e. The summed E-state index contributed by atoms with van der Waals surface area (Å²) in [5.41, 5.74) is 0.285. The van der Waals surface area contributed by atoms with Crippen LogP contribution in [0.4, 0.5) is 5.13 Å². The fourth-order valence-corrected chi connectivity index (χ4v) is 3.26. The summed E-state index contributed by atoms with van der Waals surface area (Å²) in [7, 11) is 0. The third kappa shape index (κ3) is 4.24. The molecule has 0 radical (unpaired) electrons. The number of carbonyl (C=O) groups is 1. The highest BCUT2D eigenvalue weighted by atomic mass is 32.1. The lowest BCUT2D eigenvalue weighted by Crippen LogP contribution is -2.26. The first-order valence-corrected chi connectivity index (χ1v) is 8.79. The molecule has 0 aliphatic heterocycles. The molecule has 3 rings (SSSR count). The summed E-state index contributed by atoms with van der Waals surface area (Å²) >= 11 is 1.37. The first kappa shape index (κ1) is 17.2. The zero-order chi connectivity index (χ0) is 17.8. The van der Waals surface area contributed by atoms with Gasteiger partial charge in [-0.15, -0.1) is 15.3 Å². The third-order valence-corrected chi connectivity index (χ3v) is 4.34. The molecule has 0 atom stereocenters. The Bertz CT molecular complexity index is 949. The van der Waals surface area contributed by atoms with Crippen molar-refractivity contribution in [1.29, 1.82) is 0 Å². The van der Waals surface area contributed by atoms with Gasteiger partial charge in [-0.1, -0.05) is 42.5 Å². The van der Waals surface area contributed by atoms with Crippen LogP contribution < -0.4 is 10.9 Å². The minimum atomic E-state index is -0.256. The number of benzene rings is 1. The Labute approximate surface area is 147 Å². The first-order valence-electron chi connectivity index (χ1n) is 7.97. The Kier molecular flexibility index (Phi) is 5.13. The average Bonchev–Trinajstić information content (AvgIpc) is 3.00. The predicted octanol–water partition coefficient (Wildman–Crippen LogP) is 1.87. The van der Waals surface area contributed by atoms with E-state index in [2.05, 4.69) is 39.7 Å². The Morgan fingerprint density at radius 2 is 2.04 bits per heavy atom. The fourth-order valence-electron chi connectivity index (χ4n) is 2.29. The van der Waals surface area contributed by atoms with E-state index in [-0.39, 0.29) is 24.4 Å². The number of anilines is 1. The summed E-state index contributed by atoms with van der Waals surface area (Å²) < 4.78 is 1.20. The standard InChI is InChI=1S/C16H18N6O2S/c1-10(2)9-14-19-20-16(25-14)17-13(23)7-8-22-15(24)11-5-3-4-6-12(11)18-21-22/h3-6,10H,7-9H2,1-2H3,(H,17,20,23). The van der Waals surface area contributed by atoms with Crippen molar-refractivity contribution >= 4 is 33.3 Å². The summed E-state index contributed by atoms with van der Waals surface area (Å²) in [5, 5.41) is 20.4. The fraction of sp³-hybridized carbons (Fsp3) is 0.375. The molecule has 130 valence electrons. The van der Waals surface area contributed by atoms with Crippen molar-refractivity contribution in [2.75, 3.05) is 5.32 Å². The van der Waals surface area contributed by atoms with Crippen LogP contribution in [0.2, 0.25) is 0 Å². The second-order valence-corrected chi connectivity index (χ2v) is 7.09. The van der Waals surface area contributed by atoms with Gasteiger partial charge in [0.05, 0.1) is 11.9 Å². The van der Waals surface area contributed by atoms with E-state index in [1.807, 2.05) is 0 Å². The number of nitrogens with one attached hydrogen (secondary N) is 1. The quantitative estimate of drug-likeness (QED) is 0.721. The van der Waals surface area contributed by atoms with Gasteiger partial charge in [-0.3, -0.25) is 9.59 Å². The maximum atomic E-state index is 12.3. The van der Waals surface area contributed by atoms with Gasteiger partial charge in [-0.2, -0.15) is 0 Å². The molecule has 0 saturated heterocycles. The summed E-state index contributed by atoms with van der Waals surface area (Å²) in [4.78, 5) is 24.4. The van der Waals surface area contributed by atoms with Crippen molar-refractivity contribution in [2.24, 2.45) is 5.92 Å². The molecule has 0 saturated carbocycles. The van der Waals surface area contributed by atoms with Crippen molar-refractivity contribution in [3.8, 4) is 0 Å². The van der Waals surface area contributed by atoms with Crippen molar-refractivity contribution in [2.45, 2.75) is 33.2 Å². The van der Waals surface area contributed by atoms with Gasteiger partial charge in [0, 0.05) is 12.8 Å². The van der Waals surface area contributed by atoms with E-state index in [1.54, 1.807) is 24.3 Å². The number of nitrogens with zero attached hydrogens (tertiary/aromatic N) is 5. The maximum absolute atomic E-state index is 12.3. The smallest absolute Gasteiger partial charge is 0.277 e. The molecule has 9 heteroatoms. The van der Waals surface area contributed by atoms with E-state index in [9.17, 15) is 9.59 Å². The highest BCUT2D eigenvalue weighted by Crippen LogP contribution is 2.18. The Hall–Kier alpha value is -2.68. The molecule has 1 amide bonds. The average molecular weight is 358 g/mol. The molecule has 0 fully saturated rings. The number of rotatable bonds is 6. The van der Waals surface area contributed by atoms with Crippen LogP contribution in [0.5, 0.6) is 0 Å². The summed E-state index contributed by atoms with van der Waals surface area (Å²) in [6.07, 6.45) is 0.932. The summed E-state index contributed by atoms with van der Waals surface area (Å²) in [5.74, 6) is 0.240. The highest BCUT2D eigenvalue weighted by molar-refractivity contribution is 7.15. The molecule has 0 aliphatic carbocycles. The van der Waals surface area contributed by atoms with E-state index < -0.39 is 0 Å². The van der Waals surface area contributed by atoms with Gasteiger partial charge < -0.3 is 5.32 Å². The van der Waals surface area contributed by atoms with E-state index in [0.29, 0.717) is 22.0 Å². The second kappa shape index (κ2) is 7.47. The van der Waals surface area contributed by atoms with Crippen molar-refractivity contribution in [3.05, 3.63) is 39.6 Å². The van der Waals surface area contributed by atoms with Crippen LogP contribution in [0.25, 0.3) is 10.9 Å². The van der Waals surface area contributed by atoms with Crippen molar-refractivity contribution in [3.63, 3.8) is 0 Å². The molecule has 2 heterocycles. The number of hydrogen-bond acceptors (Lipinski definition) is 7. The lowest BCUT2D eigenvalue weighted by Gasteiger charge is -2.04. The molecular weight excluding hydrogens is 340 g/mol. The second-order valence-electron chi connectivity index (χ2n) is 6.03. The van der Waals surface area contributed by atoms with Crippen LogP contribution in [0.1, 0.15) is 25.3 Å². The molecule has 8 nitrogen and oxygen atoms in total. The van der Waals surface area contributed by atoms with Crippen molar-refractivity contribution < 1.29 is 4.79 Å². The van der Waals surface area contributed by atoms with Gasteiger partial charge in [0.15, 0.2) is 0 Å². The topological polar surface area (TPSA) is 103 Å². The SMILES string of the molecule is CC(C)Cc1nnc(NC(=O)CCn2nnc3ccccc3c2=O)s1. The van der Waals surface area contributed by atoms with Gasteiger partial charge in [0.1, 0.15) is 10.5 Å². The molecule has 0 unspecified atom stereocenters. The number of aryl methyl sites for hydroxylation is 1. The number of aromatic nitrogens is 5. The van der Waals surface area contributed by atoms with Gasteiger partial charge in [0.25, 0.3) is 5.56 Å². The van der Waals surface area contributed by atoms with Crippen molar-refractivity contribution in [1.82, 2.24) is 25.2 Å². The lowest BCUT2D eigenvalue weighted by molar-refractivity contribution is -0.116. The molecule has 0 spiro atoms. The van der Waals surface area contributed by atoms with Gasteiger partial charge in [-0.25, -0.2) is 4.68 Å². The largest absolute Gasteiger partial charge is 0.300 e. The molecule has 1 N–H and O–H groups in total. The molecule has 0 bridgehead atoms.